The fraction of sp³-hybridized carbons (Fsp3) is 0.474. The van der Waals surface area contributed by atoms with Crippen molar-refractivity contribution in [2.75, 3.05) is 13.1 Å². The van der Waals surface area contributed by atoms with Gasteiger partial charge in [-0.3, -0.25) is 14.7 Å². The minimum Gasteiger partial charge on any atom is -0.481 e. The monoisotopic (exact) mass is 312 g/mol. The SMILES string of the molecule is Cc1cc(CN2CCCC(CCC(=O)O)C2)c2ccccc2n1. The number of aliphatic carboxylic acids is 1. The predicted octanol–water partition coefficient (Wildman–Crippen LogP) is 3.62. The molecule has 3 rings (SSSR count). The molecule has 0 bridgehead atoms. The second-order valence-corrected chi connectivity index (χ2v) is 6.62. The van der Waals surface area contributed by atoms with E-state index in [9.17, 15) is 4.79 Å². The molecule has 1 aliphatic rings. The van der Waals surface area contributed by atoms with E-state index in [0.29, 0.717) is 5.92 Å². The van der Waals surface area contributed by atoms with E-state index in [4.69, 9.17) is 5.11 Å². The third-order valence-electron chi connectivity index (χ3n) is 4.69. The van der Waals surface area contributed by atoms with Crippen LogP contribution in [-0.4, -0.2) is 34.0 Å². The minimum atomic E-state index is -0.683. The summed E-state index contributed by atoms with van der Waals surface area (Å²) in [6.45, 7) is 5.07. The van der Waals surface area contributed by atoms with Crippen molar-refractivity contribution in [2.24, 2.45) is 5.92 Å². The highest BCUT2D eigenvalue weighted by atomic mass is 16.4. The number of aromatic nitrogens is 1. The number of benzene rings is 1. The second-order valence-electron chi connectivity index (χ2n) is 6.62. The van der Waals surface area contributed by atoms with Gasteiger partial charge in [-0.25, -0.2) is 0 Å². The average molecular weight is 312 g/mol. The van der Waals surface area contributed by atoms with Gasteiger partial charge in [-0.05, 0) is 56.3 Å². The number of carbonyl (C=O) groups is 1. The first kappa shape index (κ1) is 15.9. The highest BCUT2D eigenvalue weighted by molar-refractivity contribution is 5.82. The molecule has 23 heavy (non-hydrogen) atoms. The van der Waals surface area contributed by atoms with Crippen LogP contribution in [0, 0.1) is 12.8 Å². The summed E-state index contributed by atoms with van der Waals surface area (Å²) in [5, 5.41) is 10.1. The zero-order chi connectivity index (χ0) is 16.2. The molecule has 1 aliphatic heterocycles. The number of hydrogen-bond donors (Lipinski definition) is 1. The number of carboxylic acid groups (broad SMARTS) is 1. The first-order valence-electron chi connectivity index (χ1n) is 8.41. The van der Waals surface area contributed by atoms with Crippen LogP contribution in [0.5, 0.6) is 0 Å². The van der Waals surface area contributed by atoms with E-state index in [-0.39, 0.29) is 6.42 Å². The molecule has 1 unspecified atom stereocenters. The van der Waals surface area contributed by atoms with Crippen LogP contribution in [0.3, 0.4) is 0 Å². The van der Waals surface area contributed by atoms with Crippen LogP contribution in [0.15, 0.2) is 30.3 Å². The lowest BCUT2D eigenvalue weighted by molar-refractivity contribution is -0.137. The first-order chi connectivity index (χ1) is 11.1. The second kappa shape index (κ2) is 7.09. The first-order valence-corrected chi connectivity index (χ1v) is 8.41. The van der Waals surface area contributed by atoms with Crippen molar-refractivity contribution in [1.82, 2.24) is 9.88 Å². The Hall–Kier alpha value is -1.94. The molecule has 1 atom stereocenters. The van der Waals surface area contributed by atoms with E-state index < -0.39 is 5.97 Å². The zero-order valence-corrected chi connectivity index (χ0v) is 13.7. The molecule has 2 heterocycles. The maximum Gasteiger partial charge on any atom is 0.303 e. The largest absolute Gasteiger partial charge is 0.481 e. The summed E-state index contributed by atoms with van der Waals surface area (Å²) in [5.41, 5.74) is 3.44. The summed E-state index contributed by atoms with van der Waals surface area (Å²) in [6, 6.07) is 10.5. The van der Waals surface area contributed by atoms with Crippen molar-refractivity contribution < 1.29 is 9.90 Å². The van der Waals surface area contributed by atoms with Crippen molar-refractivity contribution in [3.63, 3.8) is 0 Å². The Bertz CT molecular complexity index is 699. The topological polar surface area (TPSA) is 53.4 Å². The smallest absolute Gasteiger partial charge is 0.303 e. The average Bonchev–Trinajstić information content (AvgIpc) is 2.53. The molecule has 1 N–H and O–H groups in total. The Morgan fingerprint density at radius 3 is 3.04 bits per heavy atom. The minimum absolute atomic E-state index is 0.288. The third-order valence-corrected chi connectivity index (χ3v) is 4.69. The molecular weight excluding hydrogens is 288 g/mol. The lowest BCUT2D eigenvalue weighted by Gasteiger charge is -2.33. The van der Waals surface area contributed by atoms with Crippen LogP contribution in [0.25, 0.3) is 10.9 Å². The number of aryl methyl sites for hydroxylation is 1. The number of carboxylic acids is 1. The third kappa shape index (κ3) is 4.08. The summed E-state index contributed by atoms with van der Waals surface area (Å²) in [6.07, 6.45) is 3.39. The molecule has 0 radical (unpaired) electrons. The molecule has 1 aromatic carbocycles. The van der Waals surface area contributed by atoms with Gasteiger partial charge in [0, 0.05) is 30.6 Å². The fourth-order valence-corrected chi connectivity index (χ4v) is 3.62. The Labute approximate surface area is 137 Å². The Morgan fingerprint density at radius 1 is 1.39 bits per heavy atom. The fourth-order valence-electron chi connectivity index (χ4n) is 3.62. The van der Waals surface area contributed by atoms with Crippen molar-refractivity contribution in [2.45, 2.75) is 39.2 Å². The number of nitrogens with zero attached hydrogens (tertiary/aromatic N) is 2. The van der Waals surface area contributed by atoms with E-state index in [0.717, 1.165) is 50.1 Å². The van der Waals surface area contributed by atoms with E-state index in [1.54, 1.807) is 0 Å². The van der Waals surface area contributed by atoms with E-state index in [1.807, 2.05) is 13.0 Å². The lowest BCUT2D eigenvalue weighted by atomic mass is 9.93. The van der Waals surface area contributed by atoms with Gasteiger partial charge >= 0.3 is 5.97 Å². The summed E-state index contributed by atoms with van der Waals surface area (Å²) in [7, 11) is 0. The van der Waals surface area contributed by atoms with Gasteiger partial charge in [0.1, 0.15) is 0 Å². The molecule has 0 saturated carbocycles. The Balaban J connectivity index is 1.72. The van der Waals surface area contributed by atoms with Gasteiger partial charge in [0.2, 0.25) is 0 Å². The van der Waals surface area contributed by atoms with Crippen LogP contribution in [-0.2, 0) is 11.3 Å². The van der Waals surface area contributed by atoms with Crippen LogP contribution in [0.4, 0.5) is 0 Å². The van der Waals surface area contributed by atoms with Crippen molar-refractivity contribution in [1.29, 1.82) is 0 Å². The highest BCUT2D eigenvalue weighted by Gasteiger charge is 2.21. The number of hydrogen-bond acceptors (Lipinski definition) is 3. The van der Waals surface area contributed by atoms with Gasteiger partial charge in [-0.1, -0.05) is 18.2 Å². The molecule has 0 aliphatic carbocycles. The van der Waals surface area contributed by atoms with Gasteiger partial charge in [0.25, 0.3) is 0 Å². The lowest BCUT2D eigenvalue weighted by Crippen LogP contribution is -2.35. The van der Waals surface area contributed by atoms with E-state index >= 15 is 0 Å². The number of rotatable bonds is 5. The summed E-state index contributed by atoms with van der Waals surface area (Å²) in [5.74, 6) is -0.174. The van der Waals surface area contributed by atoms with E-state index in [2.05, 4.69) is 34.1 Å². The number of para-hydroxylation sites is 1. The maximum absolute atomic E-state index is 10.8. The number of piperidine rings is 1. The van der Waals surface area contributed by atoms with Gasteiger partial charge in [0.15, 0.2) is 0 Å². The predicted molar refractivity (Wildman–Crippen MR) is 91.4 cm³/mol. The van der Waals surface area contributed by atoms with Gasteiger partial charge in [0.05, 0.1) is 5.52 Å². The van der Waals surface area contributed by atoms with Crippen LogP contribution >= 0.6 is 0 Å². The summed E-state index contributed by atoms with van der Waals surface area (Å²) in [4.78, 5) is 17.9. The van der Waals surface area contributed by atoms with Gasteiger partial charge in [-0.15, -0.1) is 0 Å². The molecule has 122 valence electrons. The van der Waals surface area contributed by atoms with Crippen LogP contribution < -0.4 is 0 Å². The molecule has 4 nitrogen and oxygen atoms in total. The standard InChI is InChI=1S/C19H24N2O2/c1-14-11-16(17-6-2-3-7-18(17)20-14)13-21-10-4-5-15(12-21)8-9-19(22)23/h2-3,6-7,11,15H,4-5,8-10,12-13H2,1H3,(H,22,23). The number of fused-ring (bicyclic) bond motifs is 1. The van der Waals surface area contributed by atoms with Crippen LogP contribution in [0.1, 0.15) is 36.9 Å². The highest BCUT2D eigenvalue weighted by Crippen LogP contribution is 2.25. The number of likely N-dealkylation sites (tertiary alicyclic amines) is 1. The molecule has 1 aromatic heterocycles. The molecule has 1 saturated heterocycles. The molecule has 4 heteroatoms. The zero-order valence-electron chi connectivity index (χ0n) is 13.7. The van der Waals surface area contributed by atoms with Crippen LogP contribution in [0.2, 0.25) is 0 Å². The van der Waals surface area contributed by atoms with Crippen molar-refractivity contribution in [3.05, 3.63) is 41.6 Å². The molecular formula is C19H24N2O2. The Kier molecular flexibility index (Phi) is 4.91. The molecule has 0 amide bonds. The quantitative estimate of drug-likeness (QED) is 0.916. The molecule has 2 aromatic rings. The van der Waals surface area contributed by atoms with Gasteiger partial charge < -0.3 is 5.11 Å². The number of pyridine rings is 1. The Morgan fingerprint density at radius 2 is 2.22 bits per heavy atom. The van der Waals surface area contributed by atoms with Crippen molar-refractivity contribution >= 4 is 16.9 Å². The molecule has 0 spiro atoms. The summed E-state index contributed by atoms with van der Waals surface area (Å²) < 4.78 is 0. The van der Waals surface area contributed by atoms with E-state index in [1.165, 1.54) is 10.9 Å². The van der Waals surface area contributed by atoms with Crippen molar-refractivity contribution in [3.8, 4) is 0 Å². The van der Waals surface area contributed by atoms with Gasteiger partial charge in [-0.2, -0.15) is 0 Å². The normalized spacial score (nSPS) is 19.1. The maximum atomic E-state index is 10.8. The summed E-state index contributed by atoms with van der Waals surface area (Å²) >= 11 is 0. The molecule has 1 fully saturated rings.